The number of benzene rings is 2. The maximum atomic E-state index is 13.4. The number of rotatable bonds is 5. The summed E-state index contributed by atoms with van der Waals surface area (Å²) < 4.78 is 52.7. The Kier molecular flexibility index (Phi) is 6.37. The summed E-state index contributed by atoms with van der Waals surface area (Å²) >= 11 is 0. The number of imidazole rings is 1. The minimum absolute atomic E-state index is 0.235. The number of methoxy groups -OCH3 is 2. The Morgan fingerprint density at radius 2 is 1.70 bits per heavy atom. The standard InChI is InChI=1S/C28H24F3N3O3/c1-36-24-9-7-19(15-25(24)37-2)23-17-34-16-20(8-10-26(34)32-23)18-11-13-33(14-12-18)27(35)21-5-3-4-6-22(21)28(29,30)31/h3-11,15-17H,12-14H2,1-2H3. The molecule has 1 amide bonds. The first-order chi connectivity index (χ1) is 17.8. The molecule has 0 saturated heterocycles. The number of hydrogen-bond donors (Lipinski definition) is 0. The summed E-state index contributed by atoms with van der Waals surface area (Å²) in [4.78, 5) is 19.0. The van der Waals surface area contributed by atoms with Crippen molar-refractivity contribution in [2.24, 2.45) is 0 Å². The van der Waals surface area contributed by atoms with Crippen LogP contribution in [0.2, 0.25) is 0 Å². The molecule has 0 spiro atoms. The van der Waals surface area contributed by atoms with E-state index in [1.54, 1.807) is 14.2 Å². The molecule has 6 nitrogen and oxygen atoms in total. The first kappa shape index (κ1) is 24.4. The average Bonchev–Trinajstić information content (AvgIpc) is 3.35. The normalized spacial score (nSPS) is 14.0. The van der Waals surface area contributed by atoms with E-state index in [0.29, 0.717) is 24.5 Å². The van der Waals surface area contributed by atoms with Crippen LogP contribution in [-0.4, -0.2) is 47.5 Å². The maximum absolute atomic E-state index is 13.4. The Labute approximate surface area is 211 Å². The fourth-order valence-electron chi connectivity index (χ4n) is 4.52. The van der Waals surface area contributed by atoms with E-state index in [2.05, 4.69) is 0 Å². The van der Waals surface area contributed by atoms with Gasteiger partial charge in [0, 0.05) is 31.0 Å². The van der Waals surface area contributed by atoms with E-state index in [9.17, 15) is 18.0 Å². The predicted octanol–water partition coefficient (Wildman–Crippen LogP) is 5.97. The lowest BCUT2D eigenvalue weighted by molar-refractivity contribution is -0.138. The monoisotopic (exact) mass is 507 g/mol. The fraction of sp³-hybridized carbons (Fsp3) is 0.214. The first-order valence-electron chi connectivity index (χ1n) is 11.6. The van der Waals surface area contributed by atoms with Crippen molar-refractivity contribution in [3.63, 3.8) is 0 Å². The average molecular weight is 508 g/mol. The topological polar surface area (TPSA) is 56.1 Å². The van der Waals surface area contributed by atoms with Crippen LogP contribution in [0, 0.1) is 0 Å². The van der Waals surface area contributed by atoms with Crippen molar-refractivity contribution in [3.05, 3.63) is 89.8 Å². The van der Waals surface area contributed by atoms with Gasteiger partial charge >= 0.3 is 6.18 Å². The summed E-state index contributed by atoms with van der Waals surface area (Å²) in [7, 11) is 3.17. The fourth-order valence-corrected chi connectivity index (χ4v) is 4.52. The number of hydrogen-bond acceptors (Lipinski definition) is 4. The van der Waals surface area contributed by atoms with Crippen LogP contribution in [0.25, 0.3) is 22.5 Å². The van der Waals surface area contributed by atoms with Gasteiger partial charge in [-0.3, -0.25) is 4.79 Å². The van der Waals surface area contributed by atoms with Gasteiger partial charge in [0.25, 0.3) is 5.91 Å². The lowest BCUT2D eigenvalue weighted by atomic mass is 9.99. The van der Waals surface area contributed by atoms with Crippen LogP contribution < -0.4 is 9.47 Å². The number of aromatic nitrogens is 2. The van der Waals surface area contributed by atoms with Crippen molar-refractivity contribution in [2.75, 3.05) is 27.3 Å². The van der Waals surface area contributed by atoms with Gasteiger partial charge in [-0.15, -0.1) is 0 Å². The van der Waals surface area contributed by atoms with Gasteiger partial charge in [-0.25, -0.2) is 4.98 Å². The van der Waals surface area contributed by atoms with Gasteiger partial charge in [0.05, 0.1) is 31.0 Å². The molecule has 0 unspecified atom stereocenters. The van der Waals surface area contributed by atoms with Gasteiger partial charge in [-0.2, -0.15) is 13.2 Å². The maximum Gasteiger partial charge on any atom is 0.417 e. The minimum Gasteiger partial charge on any atom is -0.493 e. The molecule has 1 aliphatic heterocycles. The Morgan fingerprint density at radius 3 is 2.41 bits per heavy atom. The molecule has 4 aromatic rings. The smallest absolute Gasteiger partial charge is 0.417 e. The van der Waals surface area contributed by atoms with Crippen LogP contribution in [-0.2, 0) is 6.18 Å². The predicted molar refractivity (Wildman–Crippen MR) is 134 cm³/mol. The highest BCUT2D eigenvalue weighted by atomic mass is 19.4. The van der Waals surface area contributed by atoms with E-state index in [1.165, 1.54) is 23.1 Å². The van der Waals surface area contributed by atoms with Crippen molar-refractivity contribution >= 4 is 17.1 Å². The minimum atomic E-state index is -4.58. The molecule has 3 heterocycles. The molecule has 5 rings (SSSR count). The SMILES string of the molecule is COc1ccc(-c2cn3cc(C4=CCN(C(=O)c5ccccc5C(F)(F)F)CC4)ccc3n2)cc1OC. The summed E-state index contributed by atoms with van der Waals surface area (Å²) in [5.41, 5.74) is 3.18. The van der Waals surface area contributed by atoms with E-state index >= 15 is 0 Å². The number of fused-ring (bicyclic) bond motifs is 1. The number of pyridine rings is 1. The molecule has 0 N–H and O–H groups in total. The summed E-state index contributed by atoms with van der Waals surface area (Å²) in [5.74, 6) is 0.630. The number of carbonyl (C=O) groups is 1. The number of ether oxygens (including phenoxy) is 2. The van der Waals surface area contributed by atoms with Gasteiger partial charge in [0.1, 0.15) is 5.65 Å². The molecule has 37 heavy (non-hydrogen) atoms. The number of amides is 1. The van der Waals surface area contributed by atoms with Crippen molar-refractivity contribution in [2.45, 2.75) is 12.6 Å². The Balaban J connectivity index is 1.36. The summed E-state index contributed by atoms with van der Waals surface area (Å²) in [5, 5.41) is 0. The second kappa shape index (κ2) is 9.65. The molecular formula is C28H24F3N3O3. The van der Waals surface area contributed by atoms with E-state index < -0.39 is 17.6 Å². The highest BCUT2D eigenvalue weighted by Gasteiger charge is 2.36. The molecular weight excluding hydrogens is 483 g/mol. The molecule has 2 aromatic heterocycles. The molecule has 0 bridgehead atoms. The molecule has 0 aliphatic carbocycles. The zero-order valence-corrected chi connectivity index (χ0v) is 20.2. The largest absolute Gasteiger partial charge is 0.493 e. The quantitative estimate of drug-likeness (QED) is 0.334. The van der Waals surface area contributed by atoms with Crippen LogP contribution >= 0.6 is 0 Å². The van der Waals surface area contributed by atoms with Crippen LogP contribution in [0.15, 0.2) is 73.1 Å². The second-order valence-corrected chi connectivity index (χ2v) is 8.65. The Bertz CT molecular complexity index is 1510. The molecule has 0 fully saturated rings. The number of nitrogens with zero attached hydrogens (tertiary/aromatic N) is 3. The van der Waals surface area contributed by atoms with Gasteiger partial charge in [-0.05, 0) is 60.0 Å². The third-order valence-electron chi connectivity index (χ3n) is 6.46. The van der Waals surface area contributed by atoms with E-state index in [0.717, 1.165) is 34.1 Å². The lowest BCUT2D eigenvalue weighted by Crippen LogP contribution is -2.35. The molecule has 190 valence electrons. The van der Waals surface area contributed by atoms with Crippen LogP contribution in [0.4, 0.5) is 13.2 Å². The number of halogens is 3. The second-order valence-electron chi connectivity index (χ2n) is 8.65. The molecule has 9 heteroatoms. The molecule has 2 aromatic carbocycles. The van der Waals surface area contributed by atoms with Crippen LogP contribution in [0.5, 0.6) is 11.5 Å². The van der Waals surface area contributed by atoms with Gasteiger partial charge < -0.3 is 18.8 Å². The van der Waals surface area contributed by atoms with Crippen molar-refractivity contribution in [3.8, 4) is 22.8 Å². The Hall–Kier alpha value is -4.27. The van der Waals surface area contributed by atoms with Gasteiger partial charge in [-0.1, -0.05) is 18.2 Å². The van der Waals surface area contributed by atoms with Crippen molar-refractivity contribution in [1.29, 1.82) is 0 Å². The van der Waals surface area contributed by atoms with E-state index in [4.69, 9.17) is 14.5 Å². The summed E-state index contributed by atoms with van der Waals surface area (Å²) in [6.45, 7) is 0.564. The molecule has 1 aliphatic rings. The summed E-state index contributed by atoms with van der Waals surface area (Å²) in [6, 6.07) is 14.4. The van der Waals surface area contributed by atoms with Crippen LogP contribution in [0.1, 0.15) is 27.9 Å². The van der Waals surface area contributed by atoms with Gasteiger partial charge in [0.15, 0.2) is 11.5 Å². The first-order valence-corrected chi connectivity index (χ1v) is 11.6. The molecule has 0 saturated carbocycles. The van der Waals surface area contributed by atoms with Crippen molar-refractivity contribution in [1.82, 2.24) is 14.3 Å². The molecule has 0 atom stereocenters. The Morgan fingerprint density at radius 1 is 0.946 bits per heavy atom. The van der Waals surface area contributed by atoms with Crippen LogP contribution in [0.3, 0.4) is 0 Å². The van der Waals surface area contributed by atoms with Crippen molar-refractivity contribution < 1.29 is 27.4 Å². The third kappa shape index (κ3) is 4.76. The van der Waals surface area contributed by atoms with Gasteiger partial charge in [0.2, 0.25) is 0 Å². The zero-order chi connectivity index (χ0) is 26.2. The highest BCUT2D eigenvalue weighted by Crippen LogP contribution is 2.34. The number of alkyl halides is 3. The molecule has 0 radical (unpaired) electrons. The third-order valence-corrected chi connectivity index (χ3v) is 6.46. The number of carbonyl (C=O) groups excluding carboxylic acids is 1. The van der Waals surface area contributed by atoms with E-state index in [-0.39, 0.29) is 12.1 Å². The summed E-state index contributed by atoms with van der Waals surface area (Å²) in [6.07, 6.45) is 1.73. The van der Waals surface area contributed by atoms with E-state index in [1.807, 2.05) is 53.2 Å². The lowest BCUT2D eigenvalue weighted by Gasteiger charge is -2.27. The highest BCUT2D eigenvalue weighted by molar-refractivity contribution is 5.96. The zero-order valence-electron chi connectivity index (χ0n) is 20.2.